The number of ether oxygens (including phenoxy) is 1. The van der Waals surface area contributed by atoms with Gasteiger partial charge in [-0.3, -0.25) is 4.98 Å². The topological polar surface area (TPSA) is 89.8 Å². The van der Waals surface area contributed by atoms with Crippen molar-refractivity contribution < 1.29 is 9.26 Å². The fourth-order valence-corrected chi connectivity index (χ4v) is 4.55. The lowest BCUT2D eigenvalue weighted by molar-refractivity contribution is 0.393. The van der Waals surface area contributed by atoms with Gasteiger partial charge < -0.3 is 13.8 Å². The van der Waals surface area contributed by atoms with E-state index in [9.17, 15) is 5.26 Å². The van der Waals surface area contributed by atoms with Gasteiger partial charge in [0.25, 0.3) is 0 Å². The molecule has 0 saturated heterocycles. The summed E-state index contributed by atoms with van der Waals surface area (Å²) in [6.07, 6.45) is 2.72. The number of pyridine rings is 1. The molecule has 0 bridgehead atoms. The normalized spacial score (nSPS) is 11.3. The van der Waals surface area contributed by atoms with Gasteiger partial charge in [0, 0.05) is 35.4 Å². The van der Waals surface area contributed by atoms with Crippen LogP contribution in [0.2, 0.25) is 5.02 Å². The van der Waals surface area contributed by atoms with Crippen LogP contribution >= 0.6 is 11.6 Å². The van der Waals surface area contributed by atoms with E-state index in [2.05, 4.69) is 15.8 Å². The van der Waals surface area contributed by atoms with Gasteiger partial charge in [0.2, 0.25) is 0 Å². The molecule has 0 atom stereocenters. The lowest BCUT2D eigenvalue weighted by Crippen LogP contribution is -2.06. The van der Waals surface area contributed by atoms with Crippen molar-refractivity contribution in [1.82, 2.24) is 19.7 Å². The van der Waals surface area contributed by atoms with Gasteiger partial charge in [0.05, 0.1) is 41.7 Å². The van der Waals surface area contributed by atoms with Gasteiger partial charge in [-0.25, -0.2) is 4.98 Å². The summed E-state index contributed by atoms with van der Waals surface area (Å²) >= 11 is 6.09. The van der Waals surface area contributed by atoms with Crippen LogP contribution in [0.5, 0.6) is 5.75 Å². The van der Waals surface area contributed by atoms with E-state index in [-0.39, 0.29) is 0 Å². The average molecular weight is 472 g/mol. The highest BCUT2D eigenvalue weighted by atomic mass is 35.5. The third-order valence-electron chi connectivity index (χ3n) is 5.99. The molecule has 8 heteroatoms. The first kappa shape index (κ1) is 21.9. The Balaban J connectivity index is 1.76. The smallest absolute Gasteiger partial charge is 0.141 e. The van der Waals surface area contributed by atoms with Gasteiger partial charge in [-0.15, -0.1) is 0 Å². The van der Waals surface area contributed by atoms with Gasteiger partial charge in [-0.05, 0) is 43.7 Å². The molecule has 0 aliphatic rings. The molecule has 5 rings (SSSR count). The highest BCUT2D eigenvalue weighted by molar-refractivity contribution is 6.30. The van der Waals surface area contributed by atoms with Crippen LogP contribution in [-0.2, 0) is 13.0 Å². The Hall–Kier alpha value is -3.89. The molecule has 0 N–H and O–H groups in total. The largest absolute Gasteiger partial charge is 0.496 e. The zero-order chi connectivity index (χ0) is 23.8. The molecule has 0 aliphatic carbocycles. The highest BCUT2D eigenvalue weighted by Crippen LogP contribution is 2.39. The van der Waals surface area contributed by atoms with E-state index in [1.807, 2.05) is 50.2 Å². The summed E-state index contributed by atoms with van der Waals surface area (Å²) in [6, 6.07) is 14.0. The molecule has 5 aromatic rings. The van der Waals surface area contributed by atoms with Crippen molar-refractivity contribution in [2.75, 3.05) is 7.11 Å². The zero-order valence-electron chi connectivity index (χ0n) is 19.1. The maximum absolute atomic E-state index is 9.18. The van der Waals surface area contributed by atoms with Gasteiger partial charge in [-0.1, -0.05) is 28.9 Å². The van der Waals surface area contributed by atoms with Crippen LogP contribution < -0.4 is 4.74 Å². The zero-order valence-corrected chi connectivity index (χ0v) is 19.8. The molecular formula is C26H22ClN5O2. The number of hydrogen-bond acceptors (Lipinski definition) is 6. The Kier molecular flexibility index (Phi) is 5.68. The van der Waals surface area contributed by atoms with Crippen molar-refractivity contribution >= 4 is 33.5 Å². The number of hydrogen-bond donors (Lipinski definition) is 0. The Morgan fingerprint density at radius 2 is 1.94 bits per heavy atom. The Bertz CT molecular complexity index is 1540. The molecular weight excluding hydrogens is 450 g/mol. The molecule has 2 aromatic carbocycles. The Labute approximate surface area is 201 Å². The van der Waals surface area contributed by atoms with E-state index < -0.39 is 0 Å². The maximum Gasteiger partial charge on any atom is 0.141 e. The van der Waals surface area contributed by atoms with E-state index in [0.29, 0.717) is 30.2 Å². The number of halogens is 1. The summed E-state index contributed by atoms with van der Waals surface area (Å²) in [6.45, 7) is 4.40. The van der Waals surface area contributed by atoms with E-state index in [1.54, 1.807) is 13.3 Å². The number of nitrogens with zero attached hydrogens (tertiary/aromatic N) is 5. The third kappa shape index (κ3) is 3.76. The second kappa shape index (κ2) is 8.81. The molecule has 3 heterocycles. The highest BCUT2D eigenvalue weighted by Gasteiger charge is 2.20. The predicted octanol–water partition coefficient (Wildman–Crippen LogP) is 6.02. The van der Waals surface area contributed by atoms with E-state index >= 15 is 0 Å². The molecule has 34 heavy (non-hydrogen) atoms. The van der Waals surface area contributed by atoms with Crippen molar-refractivity contribution in [3.8, 4) is 22.9 Å². The number of aryl methyl sites for hydroxylation is 3. The van der Waals surface area contributed by atoms with Crippen molar-refractivity contribution in [3.05, 3.63) is 70.5 Å². The standard InChI is InChI=1S/C26H22ClN5O2/c1-15-25(16(2)34-31-15)20-11-21-19(12-23(20)33-3)26-22(13-29-21)30-24(5-4-10-28)32(26)14-17-6-8-18(27)9-7-17/h6-9,11-13H,4-5,14H2,1-3H3. The number of methoxy groups -OCH3 is 1. The number of imidazole rings is 1. The number of benzene rings is 2. The molecule has 0 spiro atoms. The van der Waals surface area contributed by atoms with Gasteiger partial charge in [-0.2, -0.15) is 5.26 Å². The van der Waals surface area contributed by atoms with Crippen LogP contribution in [0.4, 0.5) is 0 Å². The average Bonchev–Trinajstić information content (AvgIpc) is 3.37. The van der Waals surface area contributed by atoms with Crippen LogP contribution in [0, 0.1) is 25.2 Å². The van der Waals surface area contributed by atoms with Gasteiger partial charge in [0.15, 0.2) is 0 Å². The maximum atomic E-state index is 9.18. The molecule has 170 valence electrons. The summed E-state index contributed by atoms with van der Waals surface area (Å²) in [4.78, 5) is 9.53. The predicted molar refractivity (Wildman–Crippen MR) is 131 cm³/mol. The number of fused-ring (bicyclic) bond motifs is 3. The van der Waals surface area contributed by atoms with E-state index in [4.69, 9.17) is 30.8 Å². The Morgan fingerprint density at radius 3 is 2.62 bits per heavy atom. The molecule has 0 saturated carbocycles. The fraction of sp³-hybridized carbons (Fsp3) is 0.231. The van der Waals surface area contributed by atoms with E-state index in [0.717, 1.165) is 55.9 Å². The Morgan fingerprint density at radius 1 is 1.15 bits per heavy atom. The quantitative estimate of drug-likeness (QED) is 0.300. The summed E-state index contributed by atoms with van der Waals surface area (Å²) in [7, 11) is 1.65. The first-order valence-electron chi connectivity index (χ1n) is 10.9. The summed E-state index contributed by atoms with van der Waals surface area (Å²) < 4.78 is 13.3. The molecule has 0 aliphatic heterocycles. The second-order valence-electron chi connectivity index (χ2n) is 8.16. The minimum Gasteiger partial charge on any atom is -0.496 e. The van der Waals surface area contributed by atoms with Crippen LogP contribution in [0.15, 0.2) is 47.1 Å². The number of rotatable bonds is 6. The lowest BCUT2D eigenvalue weighted by atomic mass is 10.0. The van der Waals surface area contributed by atoms with Crippen LogP contribution in [0.1, 0.15) is 29.3 Å². The number of nitriles is 1. The first-order chi connectivity index (χ1) is 16.5. The van der Waals surface area contributed by atoms with Gasteiger partial charge in [0.1, 0.15) is 22.9 Å². The minimum atomic E-state index is 0.384. The summed E-state index contributed by atoms with van der Waals surface area (Å²) in [5.41, 5.74) is 6.22. The number of aromatic nitrogens is 4. The van der Waals surface area contributed by atoms with Gasteiger partial charge >= 0.3 is 0 Å². The minimum absolute atomic E-state index is 0.384. The SMILES string of the molecule is COc1cc2c(cc1-c1c(C)noc1C)ncc1nc(CCC#N)n(Cc3ccc(Cl)cc3)c12. The molecule has 3 aromatic heterocycles. The lowest BCUT2D eigenvalue weighted by Gasteiger charge is -2.13. The fourth-order valence-electron chi connectivity index (χ4n) is 4.42. The van der Waals surface area contributed by atoms with Crippen molar-refractivity contribution in [2.24, 2.45) is 0 Å². The summed E-state index contributed by atoms with van der Waals surface area (Å²) in [5, 5.41) is 14.9. The van der Waals surface area contributed by atoms with Crippen LogP contribution in [-0.4, -0.2) is 26.8 Å². The van der Waals surface area contributed by atoms with Crippen molar-refractivity contribution in [2.45, 2.75) is 33.2 Å². The molecule has 0 unspecified atom stereocenters. The summed E-state index contributed by atoms with van der Waals surface area (Å²) in [5.74, 6) is 2.27. The van der Waals surface area contributed by atoms with Crippen molar-refractivity contribution in [3.63, 3.8) is 0 Å². The second-order valence-corrected chi connectivity index (χ2v) is 8.60. The molecule has 0 radical (unpaired) electrons. The van der Waals surface area contributed by atoms with Crippen molar-refractivity contribution in [1.29, 1.82) is 5.26 Å². The van der Waals surface area contributed by atoms with Crippen LogP contribution in [0.3, 0.4) is 0 Å². The van der Waals surface area contributed by atoms with E-state index in [1.165, 1.54) is 0 Å². The monoisotopic (exact) mass is 471 g/mol. The molecule has 0 amide bonds. The molecule has 0 fully saturated rings. The molecule has 7 nitrogen and oxygen atoms in total. The third-order valence-corrected chi connectivity index (χ3v) is 6.24. The van der Waals surface area contributed by atoms with Crippen LogP contribution in [0.25, 0.3) is 33.1 Å². The first-order valence-corrected chi connectivity index (χ1v) is 11.3.